The number of nitrogens with one attached hydrogen (secondary N) is 1. The molecule has 0 unspecified atom stereocenters. The number of nitrogens with zero attached hydrogens (tertiary/aromatic N) is 3. The molecule has 0 radical (unpaired) electrons. The maximum Gasteiger partial charge on any atom is 0.144 e. The molecule has 7 heteroatoms. The monoisotopic (exact) mass is 420 g/mol. The van der Waals surface area contributed by atoms with E-state index in [9.17, 15) is 4.39 Å². The Hall–Kier alpha value is -3.38. The molecule has 0 aliphatic rings. The minimum Gasteiger partial charge on any atom is -0.496 e. The van der Waals surface area contributed by atoms with E-state index in [4.69, 9.17) is 21.3 Å². The van der Waals surface area contributed by atoms with Crippen molar-refractivity contribution >= 4 is 33.7 Å². The maximum atomic E-state index is 14.4. The average Bonchev–Trinajstić information content (AvgIpc) is 3.26. The van der Waals surface area contributed by atoms with Gasteiger partial charge in [-0.25, -0.2) is 14.4 Å². The number of ether oxygens (including phenoxy) is 1. The SMILES string of the molecule is COc1cc2[nH]c(-c3c(F)cccc3Cl)nc2cc1-c1nc2cc(C)ccc2n1C. The van der Waals surface area contributed by atoms with Crippen LogP contribution in [-0.2, 0) is 7.05 Å². The second-order valence-electron chi connectivity index (χ2n) is 7.24. The molecule has 2 aromatic heterocycles. The van der Waals surface area contributed by atoms with Crippen LogP contribution < -0.4 is 4.74 Å². The summed E-state index contributed by atoms with van der Waals surface area (Å²) >= 11 is 6.22. The number of hydrogen-bond donors (Lipinski definition) is 1. The lowest BCUT2D eigenvalue weighted by atomic mass is 10.1. The molecule has 0 amide bonds. The van der Waals surface area contributed by atoms with Crippen LogP contribution in [0.1, 0.15) is 5.56 Å². The number of methoxy groups -OCH3 is 1. The van der Waals surface area contributed by atoms with Gasteiger partial charge in [-0.15, -0.1) is 0 Å². The summed E-state index contributed by atoms with van der Waals surface area (Å²) in [6.07, 6.45) is 0. The Morgan fingerprint density at radius 3 is 2.67 bits per heavy atom. The number of aromatic nitrogens is 4. The first-order valence-electron chi connectivity index (χ1n) is 9.42. The van der Waals surface area contributed by atoms with Gasteiger partial charge in [0.25, 0.3) is 0 Å². The highest BCUT2D eigenvalue weighted by atomic mass is 35.5. The van der Waals surface area contributed by atoms with Crippen LogP contribution in [0.25, 0.3) is 44.8 Å². The Morgan fingerprint density at radius 1 is 1.07 bits per heavy atom. The summed E-state index contributed by atoms with van der Waals surface area (Å²) < 4.78 is 22.0. The Balaban J connectivity index is 1.73. The first-order valence-corrected chi connectivity index (χ1v) is 9.79. The van der Waals surface area contributed by atoms with E-state index < -0.39 is 5.82 Å². The van der Waals surface area contributed by atoms with E-state index in [1.165, 1.54) is 6.07 Å². The molecule has 0 aliphatic carbocycles. The van der Waals surface area contributed by atoms with Gasteiger partial charge >= 0.3 is 0 Å². The molecule has 0 saturated carbocycles. The standard InChI is InChI=1S/C23H18ClFN4O/c1-12-7-8-19-18(9-12)28-23(29(19)2)13-10-16-17(11-20(13)30-3)27-22(26-16)21-14(24)5-4-6-15(21)25/h4-11H,1-3H3,(H,26,27). The molecule has 150 valence electrons. The average molecular weight is 421 g/mol. The molecule has 0 saturated heterocycles. The molecule has 0 aliphatic heterocycles. The van der Waals surface area contributed by atoms with Crippen molar-refractivity contribution in [2.75, 3.05) is 7.11 Å². The van der Waals surface area contributed by atoms with Gasteiger partial charge in [-0.1, -0.05) is 23.7 Å². The van der Waals surface area contributed by atoms with Crippen molar-refractivity contribution < 1.29 is 9.13 Å². The van der Waals surface area contributed by atoms with Gasteiger partial charge in [-0.05, 0) is 42.8 Å². The number of H-pyrrole nitrogens is 1. The van der Waals surface area contributed by atoms with Gasteiger partial charge in [0.05, 0.1) is 45.3 Å². The topological polar surface area (TPSA) is 55.7 Å². The highest BCUT2D eigenvalue weighted by molar-refractivity contribution is 6.33. The fourth-order valence-corrected chi connectivity index (χ4v) is 4.03. The molecule has 5 rings (SSSR count). The van der Waals surface area contributed by atoms with Crippen LogP contribution in [-0.4, -0.2) is 26.6 Å². The summed E-state index contributed by atoms with van der Waals surface area (Å²) in [6.45, 7) is 2.04. The first-order chi connectivity index (χ1) is 14.5. The van der Waals surface area contributed by atoms with Gasteiger partial charge in [0.1, 0.15) is 23.2 Å². The first kappa shape index (κ1) is 18.6. The molecule has 0 fully saturated rings. The number of halogens is 2. The molecular weight excluding hydrogens is 403 g/mol. The molecule has 0 bridgehead atoms. The molecule has 3 aromatic carbocycles. The number of aryl methyl sites for hydroxylation is 2. The molecular formula is C23H18ClFN4O. The summed E-state index contributed by atoms with van der Waals surface area (Å²) in [4.78, 5) is 12.6. The van der Waals surface area contributed by atoms with Crippen LogP contribution in [0, 0.1) is 12.7 Å². The van der Waals surface area contributed by atoms with E-state index in [0.717, 1.165) is 33.5 Å². The van der Waals surface area contributed by atoms with Gasteiger partial charge in [-0.3, -0.25) is 0 Å². The lowest BCUT2D eigenvalue weighted by Gasteiger charge is -2.08. The van der Waals surface area contributed by atoms with Crippen LogP contribution >= 0.6 is 11.6 Å². The quantitative estimate of drug-likeness (QED) is 0.395. The number of aromatic amines is 1. The summed E-state index contributed by atoms with van der Waals surface area (Å²) in [7, 11) is 3.58. The summed E-state index contributed by atoms with van der Waals surface area (Å²) in [5.74, 6) is 1.35. The highest BCUT2D eigenvalue weighted by Gasteiger charge is 2.19. The van der Waals surface area contributed by atoms with Crippen molar-refractivity contribution in [1.29, 1.82) is 0 Å². The van der Waals surface area contributed by atoms with Crippen LogP contribution in [0.2, 0.25) is 5.02 Å². The molecule has 5 nitrogen and oxygen atoms in total. The zero-order valence-electron chi connectivity index (χ0n) is 16.6. The lowest BCUT2D eigenvalue weighted by Crippen LogP contribution is -1.96. The van der Waals surface area contributed by atoms with E-state index in [2.05, 4.69) is 28.2 Å². The minimum atomic E-state index is -0.431. The number of benzene rings is 3. The number of hydrogen-bond acceptors (Lipinski definition) is 3. The predicted octanol–water partition coefficient (Wildman–Crippen LogP) is 5.89. The molecule has 30 heavy (non-hydrogen) atoms. The summed E-state index contributed by atoms with van der Waals surface area (Å²) in [6, 6.07) is 14.5. The molecule has 1 N–H and O–H groups in total. The third-order valence-electron chi connectivity index (χ3n) is 5.28. The third kappa shape index (κ3) is 2.83. The van der Waals surface area contributed by atoms with E-state index in [1.807, 2.05) is 30.7 Å². The maximum absolute atomic E-state index is 14.4. The molecule has 0 atom stereocenters. The third-order valence-corrected chi connectivity index (χ3v) is 5.59. The van der Waals surface area contributed by atoms with Crippen LogP contribution in [0.3, 0.4) is 0 Å². The highest BCUT2D eigenvalue weighted by Crippen LogP contribution is 2.36. The van der Waals surface area contributed by atoms with E-state index >= 15 is 0 Å². The smallest absolute Gasteiger partial charge is 0.144 e. The Labute approximate surface area is 177 Å². The normalized spacial score (nSPS) is 11.5. The second-order valence-corrected chi connectivity index (χ2v) is 7.65. The van der Waals surface area contributed by atoms with Gasteiger partial charge in [0, 0.05) is 13.1 Å². The van der Waals surface area contributed by atoms with Crippen LogP contribution in [0.4, 0.5) is 4.39 Å². The lowest BCUT2D eigenvalue weighted by molar-refractivity contribution is 0.416. The van der Waals surface area contributed by atoms with Gasteiger partial charge < -0.3 is 14.3 Å². The van der Waals surface area contributed by atoms with Crippen molar-refractivity contribution in [1.82, 2.24) is 19.5 Å². The zero-order valence-corrected chi connectivity index (χ0v) is 17.4. The zero-order chi connectivity index (χ0) is 21.0. The van der Waals surface area contributed by atoms with E-state index in [0.29, 0.717) is 22.1 Å². The largest absolute Gasteiger partial charge is 0.496 e. The van der Waals surface area contributed by atoms with Crippen LogP contribution in [0.5, 0.6) is 5.75 Å². The molecule has 2 heterocycles. The van der Waals surface area contributed by atoms with Gasteiger partial charge in [0.2, 0.25) is 0 Å². The van der Waals surface area contributed by atoms with Gasteiger partial charge in [0.15, 0.2) is 0 Å². The Bertz CT molecular complexity index is 1420. The Morgan fingerprint density at radius 2 is 1.90 bits per heavy atom. The minimum absolute atomic E-state index is 0.245. The van der Waals surface area contributed by atoms with Gasteiger partial charge in [-0.2, -0.15) is 0 Å². The van der Waals surface area contributed by atoms with E-state index in [1.54, 1.807) is 19.2 Å². The number of rotatable bonds is 3. The van der Waals surface area contributed by atoms with Crippen molar-refractivity contribution in [2.24, 2.45) is 7.05 Å². The number of fused-ring (bicyclic) bond motifs is 2. The summed E-state index contributed by atoms with van der Waals surface area (Å²) in [5.41, 5.74) is 5.53. The van der Waals surface area contributed by atoms with Crippen molar-refractivity contribution in [3.63, 3.8) is 0 Å². The molecule has 5 aromatic rings. The van der Waals surface area contributed by atoms with Crippen molar-refractivity contribution in [3.05, 3.63) is 64.9 Å². The predicted molar refractivity (Wildman–Crippen MR) is 117 cm³/mol. The van der Waals surface area contributed by atoms with Crippen molar-refractivity contribution in [3.8, 4) is 28.5 Å². The summed E-state index contributed by atoms with van der Waals surface area (Å²) in [5, 5.41) is 0.298. The fraction of sp³-hybridized carbons (Fsp3) is 0.130. The number of imidazole rings is 2. The van der Waals surface area contributed by atoms with Crippen LogP contribution in [0.15, 0.2) is 48.5 Å². The molecule has 0 spiro atoms. The van der Waals surface area contributed by atoms with E-state index in [-0.39, 0.29) is 5.56 Å². The Kier molecular flexibility index (Phi) is 4.25. The second kappa shape index (κ2) is 6.85. The van der Waals surface area contributed by atoms with Crippen molar-refractivity contribution in [2.45, 2.75) is 6.92 Å². The fourth-order valence-electron chi connectivity index (χ4n) is 3.77.